The fraction of sp³-hybridized carbons (Fsp3) is 0.571. The highest BCUT2D eigenvalue weighted by Gasteiger charge is 2.22. The summed E-state index contributed by atoms with van der Waals surface area (Å²) in [7, 11) is 0. The molecular formula is C14H22N2O3. The Bertz CT molecular complexity index is 387. The van der Waals surface area contributed by atoms with Crippen LogP contribution in [0.25, 0.3) is 0 Å². The predicted octanol–water partition coefficient (Wildman–Crippen LogP) is 2.20. The first kappa shape index (κ1) is 15.4. The van der Waals surface area contributed by atoms with Crippen LogP contribution in [0.4, 0.5) is 4.79 Å². The van der Waals surface area contributed by atoms with Gasteiger partial charge in [-0.1, -0.05) is 6.07 Å². The maximum absolute atomic E-state index is 12.1. The molecule has 0 radical (unpaired) electrons. The number of hydrogen-bond donors (Lipinski definition) is 1. The van der Waals surface area contributed by atoms with Crippen LogP contribution in [-0.4, -0.2) is 39.8 Å². The zero-order valence-electron chi connectivity index (χ0n) is 11.8. The van der Waals surface area contributed by atoms with E-state index in [4.69, 9.17) is 9.84 Å². The number of pyridine rings is 1. The molecule has 1 amide bonds. The van der Waals surface area contributed by atoms with Crippen molar-refractivity contribution in [1.82, 2.24) is 9.88 Å². The van der Waals surface area contributed by atoms with E-state index in [1.54, 1.807) is 11.1 Å². The molecule has 0 spiro atoms. The van der Waals surface area contributed by atoms with Crippen LogP contribution in [0, 0.1) is 0 Å². The lowest BCUT2D eigenvalue weighted by Crippen LogP contribution is -2.37. The molecule has 1 N–H and O–H groups in total. The first-order valence-electron chi connectivity index (χ1n) is 6.41. The quantitative estimate of drug-likeness (QED) is 0.887. The topological polar surface area (TPSA) is 62.7 Å². The lowest BCUT2D eigenvalue weighted by molar-refractivity contribution is 0.0221. The molecule has 0 atom stereocenters. The molecule has 0 saturated heterocycles. The van der Waals surface area contributed by atoms with E-state index in [-0.39, 0.29) is 12.7 Å². The highest BCUT2D eigenvalue weighted by Crippen LogP contribution is 2.12. The summed E-state index contributed by atoms with van der Waals surface area (Å²) in [6.45, 7) is 6.36. The zero-order valence-corrected chi connectivity index (χ0v) is 11.8. The van der Waals surface area contributed by atoms with Crippen LogP contribution in [0.2, 0.25) is 0 Å². The standard InChI is InChI=1S/C14H22N2O3/c1-14(2,3)19-13(18)16(9-6-10-17)11-12-7-4-5-8-15-12/h4-5,7-8,17H,6,9-11H2,1-3H3. The minimum atomic E-state index is -0.529. The van der Waals surface area contributed by atoms with Gasteiger partial charge in [-0.15, -0.1) is 0 Å². The summed E-state index contributed by atoms with van der Waals surface area (Å²) in [5.41, 5.74) is 0.268. The van der Waals surface area contributed by atoms with Crippen molar-refractivity contribution in [2.24, 2.45) is 0 Å². The Morgan fingerprint density at radius 1 is 1.42 bits per heavy atom. The second kappa shape index (κ2) is 7.09. The summed E-state index contributed by atoms with van der Waals surface area (Å²) >= 11 is 0. The van der Waals surface area contributed by atoms with Crippen molar-refractivity contribution < 1.29 is 14.6 Å². The monoisotopic (exact) mass is 266 g/mol. The summed E-state index contributed by atoms with van der Waals surface area (Å²) in [4.78, 5) is 17.8. The van der Waals surface area contributed by atoms with Gasteiger partial charge in [0.1, 0.15) is 5.60 Å². The summed E-state index contributed by atoms with van der Waals surface area (Å²) < 4.78 is 5.35. The van der Waals surface area contributed by atoms with Crippen LogP contribution >= 0.6 is 0 Å². The lowest BCUT2D eigenvalue weighted by atomic mass is 10.2. The number of nitrogens with zero attached hydrogens (tertiary/aromatic N) is 2. The molecule has 1 aromatic rings. The van der Waals surface area contributed by atoms with Crippen LogP contribution in [0.5, 0.6) is 0 Å². The largest absolute Gasteiger partial charge is 0.444 e. The van der Waals surface area contributed by atoms with E-state index in [1.807, 2.05) is 39.0 Å². The molecule has 106 valence electrons. The third-order valence-electron chi connectivity index (χ3n) is 2.32. The summed E-state index contributed by atoms with van der Waals surface area (Å²) in [5.74, 6) is 0. The first-order chi connectivity index (χ1) is 8.92. The van der Waals surface area contributed by atoms with Gasteiger partial charge in [0.15, 0.2) is 0 Å². The number of aliphatic hydroxyl groups is 1. The molecular weight excluding hydrogens is 244 g/mol. The van der Waals surface area contributed by atoms with Gasteiger partial charge in [0, 0.05) is 19.3 Å². The Morgan fingerprint density at radius 3 is 2.68 bits per heavy atom. The van der Waals surface area contributed by atoms with Crippen molar-refractivity contribution in [3.05, 3.63) is 30.1 Å². The van der Waals surface area contributed by atoms with Gasteiger partial charge in [0.05, 0.1) is 12.2 Å². The second-order valence-corrected chi connectivity index (χ2v) is 5.30. The fourth-order valence-corrected chi connectivity index (χ4v) is 1.51. The third-order valence-corrected chi connectivity index (χ3v) is 2.32. The molecule has 0 saturated carbocycles. The molecule has 1 rings (SSSR count). The van der Waals surface area contributed by atoms with Crippen molar-refractivity contribution >= 4 is 6.09 Å². The molecule has 19 heavy (non-hydrogen) atoms. The van der Waals surface area contributed by atoms with E-state index < -0.39 is 5.60 Å². The maximum Gasteiger partial charge on any atom is 0.410 e. The van der Waals surface area contributed by atoms with Gasteiger partial charge in [-0.2, -0.15) is 0 Å². The van der Waals surface area contributed by atoms with Gasteiger partial charge >= 0.3 is 6.09 Å². The molecule has 5 nitrogen and oxygen atoms in total. The SMILES string of the molecule is CC(C)(C)OC(=O)N(CCCO)Cc1ccccn1. The van der Waals surface area contributed by atoms with E-state index in [0.29, 0.717) is 19.5 Å². The predicted molar refractivity (Wildman–Crippen MR) is 72.6 cm³/mol. The molecule has 0 fully saturated rings. The van der Waals surface area contributed by atoms with Crippen molar-refractivity contribution in [3.8, 4) is 0 Å². The van der Waals surface area contributed by atoms with E-state index in [1.165, 1.54) is 0 Å². The van der Waals surface area contributed by atoms with Crippen LogP contribution < -0.4 is 0 Å². The smallest absolute Gasteiger partial charge is 0.410 e. The zero-order chi connectivity index (χ0) is 14.3. The van der Waals surface area contributed by atoms with Crippen molar-refractivity contribution in [2.45, 2.75) is 39.3 Å². The Balaban J connectivity index is 2.68. The molecule has 1 aromatic heterocycles. The third kappa shape index (κ3) is 6.20. The van der Waals surface area contributed by atoms with Gasteiger partial charge in [-0.05, 0) is 39.3 Å². The van der Waals surface area contributed by atoms with Gasteiger partial charge in [0.2, 0.25) is 0 Å². The normalized spacial score (nSPS) is 11.2. The molecule has 1 heterocycles. The Hall–Kier alpha value is -1.62. The Labute approximate surface area is 114 Å². The van der Waals surface area contributed by atoms with Crippen LogP contribution in [0.1, 0.15) is 32.9 Å². The van der Waals surface area contributed by atoms with Gasteiger partial charge in [-0.3, -0.25) is 4.98 Å². The molecule has 0 aromatic carbocycles. The van der Waals surface area contributed by atoms with E-state index in [0.717, 1.165) is 5.69 Å². The van der Waals surface area contributed by atoms with Gasteiger partial charge in [-0.25, -0.2) is 4.79 Å². The van der Waals surface area contributed by atoms with Crippen molar-refractivity contribution in [2.75, 3.05) is 13.2 Å². The molecule has 5 heteroatoms. The summed E-state index contributed by atoms with van der Waals surface area (Å²) in [6, 6.07) is 5.56. The van der Waals surface area contributed by atoms with Crippen LogP contribution in [-0.2, 0) is 11.3 Å². The highest BCUT2D eigenvalue weighted by molar-refractivity contribution is 5.68. The summed E-state index contributed by atoms with van der Waals surface area (Å²) in [6.07, 6.45) is 1.83. The number of aliphatic hydroxyl groups excluding tert-OH is 1. The number of aromatic nitrogens is 1. The molecule has 0 unspecified atom stereocenters. The number of hydrogen-bond acceptors (Lipinski definition) is 4. The molecule has 0 bridgehead atoms. The van der Waals surface area contributed by atoms with Crippen LogP contribution in [0.15, 0.2) is 24.4 Å². The molecule has 0 aliphatic heterocycles. The minimum Gasteiger partial charge on any atom is -0.444 e. The number of carbonyl (C=O) groups excluding carboxylic acids is 1. The average Bonchev–Trinajstić information content (AvgIpc) is 2.33. The highest BCUT2D eigenvalue weighted by atomic mass is 16.6. The number of amides is 1. The second-order valence-electron chi connectivity index (χ2n) is 5.30. The average molecular weight is 266 g/mol. The van der Waals surface area contributed by atoms with Crippen molar-refractivity contribution in [1.29, 1.82) is 0 Å². The van der Waals surface area contributed by atoms with Crippen molar-refractivity contribution in [3.63, 3.8) is 0 Å². The number of rotatable bonds is 5. The van der Waals surface area contributed by atoms with Crippen LogP contribution in [0.3, 0.4) is 0 Å². The van der Waals surface area contributed by atoms with E-state index in [9.17, 15) is 4.79 Å². The number of carbonyl (C=O) groups is 1. The number of ether oxygens (including phenoxy) is 1. The minimum absolute atomic E-state index is 0.0432. The fourth-order valence-electron chi connectivity index (χ4n) is 1.51. The van der Waals surface area contributed by atoms with Gasteiger partial charge in [0.25, 0.3) is 0 Å². The molecule has 0 aliphatic rings. The van der Waals surface area contributed by atoms with Gasteiger partial charge < -0.3 is 14.7 Å². The Kier molecular flexibility index (Phi) is 5.76. The van der Waals surface area contributed by atoms with E-state index >= 15 is 0 Å². The molecule has 0 aliphatic carbocycles. The first-order valence-corrected chi connectivity index (χ1v) is 6.41. The summed E-state index contributed by atoms with van der Waals surface area (Å²) in [5, 5.41) is 8.90. The Morgan fingerprint density at radius 2 is 2.16 bits per heavy atom. The van der Waals surface area contributed by atoms with E-state index in [2.05, 4.69) is 4.98 Å². The lowest BCUT2D eigenvalue weighted by Gasteiger charge is -2.27. The maximum atomic E-state index is 12.1.